The largest absolute Gasteiger partial charge is 0.375 e. The molecule has 4 nitrogen and oxygen atoms in total. The zero-order chi connectivity index (χ0) is 9.80. The molecule has 1 heterocycles. The third-order valence-electron chi connectivity index (χ3n) is 1.77. The van der Waals surface area contributed by atoms with Crippen LogP contribution in [0.2, 0.25) is 0 Å². The van der Waals surface area contributed by atoms with E-state index >= 15 is 0 Å². The highest BCUT2D eigenvalue weighted by molar-refractivity contribution is 5.53. The zero-order valence-corrected chi connectivity index (χ0v) is 7.80. The molecule has 2 rings (SSSR count). The molecule has 0 spiro atoms. The van der Waals surface area contributed by atoms with Crippen molar-refractivity contribution in [3.63, 3.8) is 0 Å². The highest BCUT2D eigenvalue weighted by Gasteiger charge is 2.06. The lowest BCUT2D eigenvalue weighted by molar-refractivity contribution is 0.151. The molecule has 0 radical (unpaired) electrons. The fourth-order valence-corrected chi connectivity index (χ4v) is 1.14. The first-order chi connectivity index (χ1) is 6.90. The second-order valence-corrected chi connectivity index (χ2v) is 2.81. The highest BCUT2D eigenvalue weighted by Crippen LogP contribution is 2.14. The van der Waals surface area contributed by atoms with Gasteiger partial charge in [-0.3, -0.25) is 0 Å². The summed E-state index contributed by atoms with van der Waals surface area (Å²) in [7, 11) is 1.59. The van der Waals surface area contributed by atoms with Crippen LogP contribution in [-0.2, 0) is 11.3 Å². The Bertz CT molecular complexity index is 398. The third kappa shape index (κ3) is 1.80. The summed E-state index contributed by atoms with van der Waals surface area (Å²) in [6.45, 7) is 0.347. The first-order valence-corrected chi connectivity index (χ1v) is 4.27. The Hall–Kier alpha value is -1.68. The van der Waals surface area contributed by atoms with Crippen molar-refractivity contribution in [2.75, 3.05) is 7.11 Å². The molecular weight excluding hydrogens is 180 g/mol. The predicted molar refractivity (Wildman–Crippen MR) is 50.4 cm³/mol. The summed E-state index contributed by atoms with van der Waals surface area (Å²) in [5.41, 5.74) is 0.943. The minimum atomic E-state index is 0.347. The molecule has 0 aliphatic carbocycles. The van der Waals surface area contributed by atoms with Gasteiger partial charge in [-0.2, -0.15) is 4.98 Å². The zero-order valence-electron chi connectivity index (χ0n) is 7.80. The van der Waals surface area contributed by atoms with Gasteiger partial charge in [0, 0.05) is 12.7 Å². The lowest BCUT2D eigenvalue weighted by Crippen LogP contribution is -1.86. The van der Waals surface area contributed by atoms with Crippen LogP contribution in [-0.4, -0.2) is 17.3 Å². The Kier molecular flexibility index (Phi) is 2.55. The normalized spacial score (nSPS) is 10.4. The summed E-state index contributed by atoms with van der Waals surface area (Å²) in [6, 6.07) is 9.67. The Morgan fingerprint density at radius 2 is 2.07 bits per heavy atom. The predicted octanol–water partition coefficient (Wildman–Crippen LogP) is 1.88. The lowest BCUT2D eigenvalue weighted by Gasteiger charge is -1.90. The molecule has 0 fully saturated rings. The van der Waals surface area contributed by atoms with Crippen LogP contribution in [0.4, 0.5) is 0 Å². The Balaban J connectivity index is 2.25. The van der Waals surface area contributed by atoms with Crippen molar-refractivity contribution in [3.8, 4) is 11.4 Å². The Morgan fingerprint density at radius 3 is 2.79 bits per heavy atom. The van der Waals surface area contributed by atoms with Gasteiger partial charge in [0.25, 0.3) is 5.89 Å². The van der Waals surface area contributed by atoms with E-state index in [1.54, 1.807) is 7.11 Å². The fourth-order valence-electron chi connectivity index (χ4n) is 1.14. The van der Waals surface area contributed by atoms with Crippen molar-refractivity contribution in [3.05, 3.63) is 36.2 Å². The molecule has 1 aromatic carbocycles. The van der Waals surface area contributed by atoms with Gasteiger partial charge in [-0.1, -0.05) is 35.5 Å². The van der Waals surface area contributed by atoms with E-state index in [2.05, 4.69) is 10.1 Å². The van der Waals surface area contributed by atoms with E-state index in [-0.39, 0.29) is 0 Å². The quantitative estimate of drug-likeness (QED) is 0.741. The average Bonchev–Trinajstić information content (AvgIpc) is 2.68. The number of nitrogens with zero attached hydrogens (tertiary/aromatic N) is 2. The number of ether oxygens (including phenoxy) is 1. The van der Waals surface area contributed by atoms with Crippen LogP contribution in [0.25, 0.3) is 11.4 Å². The maximum atomic E-state index is 4.97. The second-order valence-electron chi connectivity index (χ2n) is 2.81. The maximum absolute atomic E-state index is 4.97. The maximum Gasteiger partial charge on any atom is 0.252 e. The number of hydrogen-bond donors (Lipinski definition) is 0. The molecule has 0 bridgehead atoms. The number of hydrogen-bond acceptors (Lipinski definition) is 4. The molecule has 0 aliphatic rings. The Labute approximate surface area is 81.5 Å². The summed E-state index contributed by atoms with van der Waals surface area (Å²) >= 11 is 0. The molecule has 4 heteroatoms. The van der Waals surface area contributed by atoms with Crippen LogP contribution in [0.3, 0.4) is 0 Å². The first kappa shape index (κ1) is 8.90. The Morgan fingerprint density at radius 1 is 1.29 bits per heavy atom. The van der Waals surface area contributed by atoms with E-state index in [1.165, 1.54) is 0 Å². The second kappa shape index (κ2) is 4.02. The fraction of sp³-hybridized carbons (Fsp3) is 0.200. The van der Waals surface area contributed by atoms with Gasteiger partial charge in [-0.25, -0.2) is 0 Å². The van der Waals surface area contributed by atoms with E-state index < -0.39 is 0 Å². The summed E-state index contributed by atoms with van der Waals surface area (Å²) in [5.74, 6) is 1.09. The summed E-state index contributed by atoms with van der Waals surface area (Å²) < 4.78 is 9.85. The summed E-state index contributed by atoms with van der Waals surface area (Å²) in [5, 5.41) is 3.84. The molecule has 0 aliphatic heterocycles. The molecule has 0 unspecified atom stereocenters. The summed E-state index contributed by atoms with van der Waals surface area (Å²) in [4.78, 5) is 4.17. The smallest absolute Gasteiger partial charge is 0.252 e. The number of rotatable bonds is 3. The van der Waals surface area contributed by atoms with E-state index in [9.17, 15) is 0 Å². The van der Waals surface area contributed by atoms with E-state index in [0.29, 0.717) is 18.3 Å². The van der Waals surface area contributed by atoms with Crippen molar-refractivity contribution in [1.82, 2.24) is 10.1 Å². The van der Waals surface area contributed by atoms with E-state index in [0.717, 1.165) is 5.56 Å². The summed E-state index contributed by atoms with van der Waals surface area (Å²) in [6.07, 6.45) is 0. The van der Waals surface area contributed by atoms with E-state index in [4.69, 9.17) is 9.26 Å². The van der Waals surface area contributed by atoms with Crippen molar-refractivity contribution in [1.29, 1.82) is 0 Å². The van der Waals surface area contributed by atoms with Crippen molar-refractivity contribution >= 4 is 0 Å². The van der Waals surface area contributed by atoms with Crippen LogP contribution >= 0.6 is 0 Å². The molecule has 0 saturated heterocycles. The van der Waals surface area contributed by atoms with Crippen LogP contribution in [0.5, 0.6) is 0 Å². The molecule has 14 heavy (non-hydrogen) atoms. The SMILES string of the molecule is COCc1nc(-c2ccccc2)no1. The van der Waals surface area contributed by atoms with Gasteiger partial charge in [0.1, 0.15) is 6.61 Å². The topological polar surface area (TPSA) is 48.2 Å². The van der Waals surface area contributed by atoms with E-state index in [1.807, 2.05) is 30.3 Å². The van der Waals surface area contributed by atoms with Gasteiger partial charge in [-0.05, 0) is 0 Å². The van der Waals surface area contributed by atoms with Crippen molar-refractivity contribution in [2.45, 2.75) is 6.61 Å². The minimum Gasteiger partial charge on any atom is -0.375 e. The van der Waals surface area contributed by atoms with Crippen molar-refractivity contribution < 1.29 is 9.26 Å². The van der Waals surface area contributed by atoms with Gasteiger partial charge in [-0.15, -0.1) is 0 Å². The molecular formula is C10H10N2O2. The molecule has 0 atom stereocenters. The number of aromatic nitrogens is 2. The van der Waals surface area contributed by atoms with Gasteiger partial charge in [0.15, 0.2) is 0 Å². The molecule has 0 N–H and O–H groups in total. The van der Waals surface area contributed by atoms with Crippen LogP contribution < -0.4 is 0 Å². The van der Waals surface area contributed by atoms with Crippen LogP contribution in [0, 0.1) is 0 Å². The van der Waals surface area contributed by atoms with Crippen LogP contribution in [0.1, 0.15) is 5.89 Å². The molecule has 1 aromatic heterocycles. The van der Waals surface area contributed by atoms with Crippen molar-refractivity contribution in [2.24, 2.45) is 0 Å². The molecule has 72 valence electrons. The van der Waals surface area contributed by atoms with Crippen LogP contribution in [0.15, 0.2) is 34.9 Å². The lowest BCUT2D eigenvalue weighted by atomic mass is 10.2. The average molecular weight is 190 g/mol. The van der Waals surface area contributed by atoms with Gasteiger partial charge < -0.3 is 9.26 Å². The monoisotopic (exact) mass is 190 g/mol. The van der Waals surface area contributed by atoms with Gasteiger partial charge in [0.2, 0.25) is 5.82 Å². The minimum absolute atomic E-state index is 0.347. The highest BCUT2D eigenvalue weighted by atomic mass is 16.5. The number of methoxy groups -OCH3 is 1. The molecule has 0 saturated carbocycles. The third-order valence-corrected chi connectivity index (χ3v) is 1.77. The van der Waals surface area contributed by atoms with Gasteiger partial charge in [0.05, 0.1) is 0 Å². The first-order valence-electron chi connectivity index (χ1n) is 4.27. The molecule has 0 amide bonds. The standard InChI is InChI=1S/C10H10N2O2/c1-13-7-9-11-10(12-14-9)8-5-3-2-4-6-8/h2-6H,7H2,1H3. The van der Waals surface area contributed by atoms with Gasteiger partial charge >= 0.3 is 0 Å². The number of benzene rings is 1. The molecule has 2 aromatic rings.